The summed E-state index contributed by atoms with van der Waals surface area (Å²) >= 11 is 0. The second-order valence-electron chi connectivity index (χ2n) is 6.07. The molecule has 1 aliphatic heterocycles. The van der Waals surface area contributed by atoms with Gasteiger partial charge >= 0.3 is 0 Å². The van der Waals surface area contributed by atoms with Crippen molar-refractivity contribution < 1.29 is 4.79 Å². The third-order valence-corrected chi connectivity index (χ3v) is 4.54. The normalized spacial score (nSPS) is 19.4. The molecule has 0 aromatic heterocycles. The molecule has 102 valence electrons. The predicted octanol–water partition coefficient (Wildman–Crippen LogP) is 2.68. The molecule has 0 radical (unpaired) electrons. The number of ketones is 1. The summed E-state index contributed by atoms with van der Waals surface area (Å²) in [6.07, 6.45) is 7.44. The van der Waals surface area contributed by atoms with Crippen LogP contribution >= 0.6 is 0 Å². The maximum Gasteiger partial charge on any atom is 0.137 e. The zero-order valence-electron chi connectivity index (χ0n) is 11.6. The van der Waals surface area contributed by atoms with Crippen LogP contribution in [0.4, 0.5) is 0 Å². The van der Waals surface area contributed by atoms with E-state index in [9.17, 15) is 4.79 Å². The van der Waals surface area contributed by atoms with E-state index < -0.39 is 0 Å². The van der Waals surface area contributed by atoms with Crippen LogP contribution in [-0.4, -0.2) is 18.9 Å². The van der Waals surface area contributed by atoms with Crippen LogP contribution < -0.4 is 5.32 Å². The molecule has 1 N–H and O–H groups in total. The van der Waals surface area contributed by atoms with Crippen molar-refractivity contribution in [3.63, 3.8) is 0 Å². The lowest BCUT2D eigenvalue weighted by atomic mass is 9.90. The maximum absolute atomic E-state index is 12.2. The Kier molecular flexibility index (Phi) is 3.97. The number of carbonyl (C=O) groups excluding carboxylic acids is 1. The van der Waals surface area contributed by atoms with Crippen LogP contribution in [0.2, 0.25) is 0 Å². The topological polar surface area (TPSA) is 29.1 Å². The van der Waals surface area contributed by atoms with Gasteiger partial charge < -0.3 is 5.32 Å². The monoisotopic (exact) mass is 257 g/mol. The van der Waals surface area contributed by atoms with Crippen LogP contribution in [0.1, 0.15) is 42.4 Å². The first-order valence-electron chi connectivity index (χ1n) is 7.64. The van der Waals surface area contributed by atoms with Gasteiger partial charge in [-0.25, -0.2) is 0 Å². The van der Waals surface area contributed by atoms with Crippen molar-refractivity contribution in [1.29, 1.82) is 0 Å². The van der Waals surface area contributed by atoms with E-state index in [2.05, 4.69) is 23.5 Å². The van der Waals surface area contributed by atoms with E-state index in [1.165, 1.54) is 36.0 Å². The van der Waals surface area contributed by atoms with Crippen molar-refractivity contribution >= 4 is 5.78 Å². The highest BCUT2D eigenvalue weighted by Gasteiger charge is 2.17. The van der Waals surface area contributed by atoms with E-state index in [0.29, 0.717) is 18.1 Å². The summed E-state index contributed by atoms with van der Waals surface area (Å²) in [5.41, 5.74) is 4.20. The summed E-state index contributed by atoms with van der Waals surface area (Å²) in [4.78, 5) is 12.2. The molecule has 1 aromatic rings. The molecule has 2 nitrogen and oxygen atoms in total. The van der Waals surface area contributed by atoms with Gasteiger partial charge in [0.15, 0.2) is 0 Å². The van der Waals surface area contributed by atoms with Crippen LogP contribution in [0, 0.1) is 5.92 Å². The first-order chi connectivity index (χ1) is 9.31. The molecule has 2 heteroatoms. The van der Waals surface area contributed by atoms with Gasteiger partial charge in [-0.05, 0) is 67.8 Å². The predicted molar refractivity (Wildman–Crippen MR) is 77.4 cm³/mol. The fraction of sp³-hybridized carbons (Fsp3) is 0.588. The van der Waals surface area contributed by atoms with Crippen molar-refractivity contribution in [3.05, 3.63) is 34.9 Å². The van der Waals surface area contributed by atoms with E-state index in [4.69, 9.17) is 0 Å². The number of Topliss-reactive ketones (excluding diaryl/α,β-unsaturated/α-hetero) is 1. The number of fused-ring (bicyclic) bond motifs is 1. The number of nitrogens with one attached hydrogen (secondary N) is 1. The summed E-state index contributed by atoms with van der Waals surface area (Å²) in [6, 6.07) is 6.66. The molecule has 0 spiro atoms. The number of aryl methyl sites for hydroxylation is 2. The van der Waals surface area contributed by atoms with Crippen LogP contribution in [0.3, 0.4) is 0 Å². The molecule has 3 rings (SSSR count). The van der Waals surface area contributed by atoms with E-state index in [-0.39, 0.29) is 0 Å². The Labute approximate surface area is 115 Å². The van der Waals surface area contributed by atoms with Crippen molar-refractivity contribution in [2.24, 2.45) is 5.92 Å². The number of benzene rings is 1. The summed E-state index contributed by atoms with van der Waals surface area (Å²) in [5, 5.41) is 3.35. The standard InChI is InChI=1S/C17H23NO/c19-17(11-13-6-8-18-9-7-13)12-14-4-5-15-2-1-3-16(15)10-14/h4-5,10,13,18H,1-3,6-9,11-12H2. The molecule has 1 aromatic carbocycles. The van der Waals surface area contributed by atoms with Gasteiger partial charge in [-0.15, -0.1) is 0 Å². The van der Waals surface area contributed by atoms with Gasteiger partial charge in [0.05, 0.1) is 0 Å². The van der Waals surface area contributed by atoms with Crippen molar-refractivity contribution in [3.8, 4) is 0 Å². The summed E-state index contributed by atoms with van der Waals surface area (Å²) in [7, 11) is 0. The van der Waals surface area contributed by atoms with Gasteiger partial charge in [-0.2, -0.15) is 0 Å². The third-order valence-electron chi connectivity index (χ3n) is 4.54. The Bertz CT molecular complexity index is 460. The molecular weight excluding hydrogens is 234 g/mol. The minimum atomic E-state index is 0.421. The Balaban J connectivity index is 1.56. The number of piperidine rings is 1. The van der Waals surface area contributed by atoms with Gasteiger partial charge in [-0.3, -0.25) is 4.79 Å². The first-order valence-corrected chi connectivity index (χ1v) is 7.64. The molecule has 0 saturated carbocycles. The lowest BCUT2D eigenvalue weighted by molar-refractivity contribution is -0.119. The number of carbonyl (C=O) groups is 1. The highest BCUT2D eigenvalue weighted by molar-refractivity contribution is 5.81. The second kappa shape index (κ2) is 5.87. The number of hydrogen-bond acceptors (Lipinski definition) is 2. The zero-order valence-corrected chi connectivity index (χ0v) is 11.6. The summed E-state index contributed by atoms with van der Waals surface area (Å²) in [6.45, 7) is 2.16. The molecule has 1 fully saturated rings. The molecule has 1 saturated heterocycles. The van der Waals surface area contributed by atoms with Crippen molar-refractivity contribution in [1.82, 2.24) is 5.32 Å². The lowest BCUT2D eigenvalue weighted by Gasteiger charge is -2.21. The molecule has 2 aliphatic rings. The van der Waals surface area contributed by atoms with E-state index in [1.807, 2.05) is 0 Å². The average Bonchev–Trinajstić information content (AvgIpc) is 2.87. The van der Waals surface area contributed by atoms with E-state index in [0.717, 1.165) is 32.4 Å². The van der Waals surface area contributed by atoms with Crippen molar-refractivity contribution in [2.45, 2.75) is 44.9 Å². The quantitative estimate of drug-likeness (QED) is 0.898. The number of rotatable bonds is 4. The Hall–Kier alpha value is -1.15. The smallest absolute Gasteiger partial charge is 0.137 e. The Morgan fingerprint density at radius 1 is 1.16 bits per heavy atom. The van der Waals surface area contributed by atoms with Crippen LogP contribution in [-0.2, 0) is 24.1 Å². The summed E-state index contributed by atoms with van der Waals surface area (Å²) in [5.74, 6) is 1.04. The fourth-order valence-electron chi connectivity index (χ4n) is 3.44. The molecular formula is C17H23NO. The van der Waals surface area contributed by atoms with Gasteiger partial charge in [0, 0.05) is 12.8 Å². The van der Waals surface area contributed by atoms with Crippen molar-refractivity contribution in [2.75, 3.05) is 13.1 Å². The average molecular weight is 257 g/mol. The summed E-state index contributed by atoms with van der Waals surface area (Å²) < 4.78 is 0. The minimum Gasteiger partial charge on any atom is -0.317 e. The maximum atomic E-state index is 12.2. The Morgan fingerprint density at radius 2 is 1.95 bits per heavy atom. The lowest BCUT2D eigenvalue weighted by Crippen LogP contribution is -2.29. The van der Waals surface area contributed by atoms with E-state index in [1.54, 1.807) is 0 Å². The molecule has 1 heterocycles. The molecule has 0 unspecified atom stereocenters. The highest BCUT2D eigenvalue weighted by Crippen LogP contribution is 2.24. The first kappa shape index (κ1) is 12.9. The van der Waals surface area contributed by atoms with Crippen LogP contribution in [0.5, 0.6) is 0 Å². The van der Waals surface area contributed by atoms with Crippen LogP contribution in [0.25, 0.3) is 0 Å². The second-order valence-corrected chi connectivity index (χ2v) is 6.07. The SMILES string of the molecule is O=C(Cc1ccc2c(c1)CCC2)CC1CCNCC1. The minimum absolute atomic E-state index is 0.421. The molecule has 19 heavy (non-hydrogen) atoms. The van der Waals surface area contributed by atoms with E-state index >= 15 is 0 Å². The molecule has 0 atom stereocenters. The molecule has 1 aliphatic carbocycles. The largest absolute Gasteiger partial charge is 0.317 e. The molecule has 0 amide bonds. The Morgan fingerprint density at radius 3 is 2.79 bits per heavy atom. The fourth-order valence-corrected chi connectivity index (χ4v) is 3.44. The van der Waals surface area contributed by atoms with Gasteiger partial charge in [0.2, 0.25) is 0 Å². The zero-order chi connectivity index (χ0) is 13.1. The van der Waals surface area contributed by atoms with Gasteiger partial charge in [0.25, 0.3) is 0 Å². The molecule has 0 bridgehead atoms. The number of hydrogen-bond donors (Lipinski definition) is 1. The third kappa shape index (κ3) is 3.24. The van der Waals surface area contributed by atoms with Gasteiger partial charge in [0.1, 0.15) is 5.78 Å². The highest BCUT2D eigenvalue weighted by atomic mass is 16.1. The van der Waals surface area contributed by atoms with Gasteiger partial charge in [-0.1, -0.05) is 18.2 Å². The van der Waals surface area contributed by atoms with Crippen LogP contribution in [0.15, 0.2) is 18.2 Å².